The molecular formula is C14H25NO2. The molecule has 1 saturated carbocycles. The molecule has 0 radical (unpaired) electrons. The Morgan fingerprint density at radius 3 is 2.59 bits per heavy atom. The summed E-state index contributed by atoms with van der Waals surface area (Å²) in [5.74, 6) is 1.24. The summed E-state index contributed by atoms with van der Waals surface area (Å²) in [7, 11) is 0. The van der Waals surface area contributed by atoms with Crippen LogP contribution in [0.1, 0.15) is 45.4 Å². The van der Waals surface area contributed by atoms with E-state index in [1.165, 1.54) is 6.42 Å². The molecule has 2 rings (SSSR count). The fourth-order valence-corrected chi connectivity index (χ4v) is 3.18. The number of rotatable bonds is 3. The molecule has 3 nitrogen and oxygen atoms in total. The average Bonchev–Trinajstić information content (AvgIpc) is 2.33. The van der Waals surface area contributed by atoms with Crippen molar-refractivity contribution in [1.82, 2.24) is 4.90 Å². The fourth-order valence-electron chi connectivity index (χ4n) is 3.18. The van der Waals surface area contributed by atoms with E-state index in [0.29, 0.717) is 17.6 Å². The average molecular weight is 239 g/mol. The second-order valence-corrected chi connectivity index (χ2v) is 5.79. The van der Waals surface area contributed by atoms with Crippen LogP contribution in [-0.4, -0.2) is 41.5 Å². The van der Waals surface area contributed by atoms with Crippen molar-refractivity contribution in [3.63, 3.8) is 0 Å². The van der Waals surface area contributed by atoms with E-state index in [1.807, 2.05) is 6.92 Å². The van der Waals surface area contributed by atoms with Crippen molar-refractivity contribution in [2.24, 2.45) is 11.8 Å². The first kappa shape index (κ1) is 13.0. The monoisotopic (exact) mass is 239 g/mol. The summed E-state index contributed by atoms with van der Waals surface area (Å²) in [6, 6.07) is 0. The minimum absolute atomic E-state index is 0.173. The first-order valence-corrected chi connectivity index (χ1v) is 7.10. The number of piperidine rings is 1. The van der Waals surface area contributed by atoms with E-state index in [0.717, 1.165) is 51.7 Å². The van der Waals surface area contributed by atoms with Crippen molar-refractivity contribution in [3.05, 3.63) is 0 Å². The first-order valence-electron chi connectivity index (χ1n) is 7.10. The second kappa shape index (κ2) is 5.96. The van der Waals surface area contributed by atoms with E-state index >= 15 is 0 Å². The number of aliphatic hydroxyl groups is 1. The molecule has 1 saturated heterocycles. The molecule has 0 aromatic carbocycles. The van der Waals surface area contributed by atoms with Crippen LogP contribution < -0.4 is 0 Å². The molecule has 17 heavy (non-hydrogen) atoms. The summed E-state index contributed by atoms with van der Waals surface area (Å²) < 4.78 is 0. The highest BCUT2D eigenvalue weighted by molar-refractivity contribution is 5.81. The SMILES string of the molecule is CC(O)C1CCN(CC2CCCCC2=O)CC1. The Bertz CT molecular complexity index is 257. The number of hydrogen-bond acceptors (Lipinski definition) is 3. The van der Waals surface area contributed by atoms with Crippen molar-refractivity contribution in [1.29, 1.82) is 0 Å². The lowest BCUT2D eigenvalue weighted by Gasteiger charge is -2.35. The largest absolute Gasteiger partial charge is 0.393 e. The van der Waals surface area contributed by atoms with Crippen LogP contribution in [0.2, 0.25) is 0 Å². The van der Waals surface area contributed by atoms with Crippen molar-refractivity contribution in [2.75, 3.05) is 19.6 Å². The molecular weight excluding hydrogens is 214 g/mol. The van der Waals surface area contributed by atoms with E-state index < -0.39 is 0 Å². The molecule has 1 N–H and O–H groups in total. The van der Waals surface area contributed by atoms with Crippen molar-refractivity contribution in [3.8, 4) is 0 Å². The lowest BCUT2D eigenvalue weighted by molar-refractivity contribution is -0.125. The van der Waals surface area contributed by atoms with Crippen molar-refractivity contribution in [2.45, 2.75) is 51.6 Å². The van der Waals surface area contributed by atoms with Crippen LogP contribution in [0.5, 0.6) is 0 Å². The second-order valence-electron chi connectivity index (χ2n) is 5.79. The minimum atomic E-state index is -0.173. The van der Waals surface area contributed by atoms with E-state index in [4.69, 9.17) is 0 Å². The Morgan fingerprint density at radius 2 is 2.00 bits per heavy atom. The Balaban J connectivity index is 1.75. The van der Waals surface area contributed by atoms with Crippen LogP contribution in [-0.2, 0) is 4.79 Å². The molecule has 3 heteroatoms. The van der Waals surface area contributed by atoms with Crippen molar-refractivity contribution < 1.29 is 9.90 Å². The number of Topliss-reactive ketones (excluding diaryl/α,β-unsaturated/α-hetero) is 1. The number of carbonyl (C=O) groups excluding carboxylic acids is 1. The van der Waals surface area contributed by atoms with Crippen LogP contribution in [0.4, 0.5) is 0 Å². The van der Waals surface area contributed by atoms with E-state index in [1.54, 1.807) is 0 Å². The molecule has 0 amide bonds. The number of likely N-dealkylation sites (tertiary alicyclic amines) is 1. The van der Waals surface area contributed by atoms with Gasteiger partial charge in [-0.2, -0.15) is 0 Å². The molecule has 0 aromatic rings. The predicted molar refractivity (Wildman–Crippen MR) is 67.8 cm³/mol. The van der Waals surface area contributed by atoms with Gasteiger partial charge in [0.05, 0.1) is 6.10 Å². The number of hydrogen-bond donors (Lipinski definition) is 1. The van der Waals surface area contributed by atoms with E-state index in [9.17, 15) is 9.90 Å². The summed E-state index contributed by atoms with van der Waals surface area (Å²) in [5.41, 5.74) is 0. The first-order chi connectivity index (χ1) is 8.16. The van der Waals surface area contributed by atoms with Crippen molar-refractivity contribution >= 4 is 5.78 Å². The van der Waals surface area contributed by atoms with Gasteiger partial charge in [0.25, 0.3) is 0 Å². The third kappa shape index (κ3) is 3.52. The quantitative estimate of drug-likeness (QED) is 0.817. The molecule has 98 valence electrons. The van der Waals surface area contributed by atoms with Crippen LogP contribution in [0.3, 0.4) is 0 Å². The van der Waals surface area contributed by atoms with Crippen LogP contribution >= 0.6 is 0 Å². The van der Waals surface area contributed by atoms with Gasteiger partial charge in [0.2, 0.25) is 0 Å². The highest BCUT2D eigenvalue weighted by Gasteiger charge is 2.27. The third-order valence-electron chi connectivity index (χ3n) is 4.47. The highest BCUT2D eigenvalue weighted by Crippen LogP contribution is 2.25. The Kier molecular flexibility index (Phi) is 4.57. The van der Waals surface area contributed by atoms with Gasteiger partial charge in [-0.1, -0.05) is 6.42 Å². The fraction of sp³-hybridized carbons (Fsp3) is 0.929. The summed E-state index contributed by atoms with van der Waals surface area (Å²) in [6.45, 7) is 4.97. The van der Waals surface area contributed by atoms with Crippen LogP contribution in [0, 0.1) is 11.8 Å². The zero-order chi connectivity index (χ0) is 12.3. The Morgan fingerprint density at radius 1 is 1.29 bits per heavy atom. The number of ketones is 1. The summed E-state index contributed by atoms with van der Waals surface area (Å²) in [4.78, 5) is 14.2. The lowest BCUT2D eigenvalue weighted by Crippen LogP contribution is -2.41. The summed E-state index contributed by atoms with van der Waals surface area (Å²) in [5, 5.41) is 9.55. The molecule has 0 spiro atoms. The Hall–Kier alpha value is -0.410. The molecule has 1 heterocycles. The molecule has 1 aliphatic carbocycles. The zero-order valence-electron chi connectivity index (χ0n) is 10.9. The van der Waals surface area contributed by atoms with E-state index in [-0.39, 0.29) is 6.10 Å². The van der Waals surface area contributed by atoms with Gasteiger partial charge in [0.15, 0.2) is 0 Å². The number of nitrogens with zero attached hydrogens (tertiary/aromatic N) is 1. The van der Waals surface area contributed by atoms with Gasteiger partial charge in [0.1, 0.15) is 5.78 Å². The van der Waals surface area contributed by atoms with Gasteiger partial charge in [-0.3, -0.25) is 4.79 Å². The summed E-state index contributed by atoms with van der Waals surface area (Å²) >= 11 is 0. The predicted octanol–water partition coefficient (Wildman–Crippen LogP) is 1.84. The maximum Gasteiger partial charge on any atom is 0.137 e. The van der Waals surface area contributed by atoms with Gasteiger partial charge >= 0.3 is 0 Å². The zero-order valence-corrected chi connectivity index (χ0v) is 10.9. The molecule has 2 fully saturated rings. The van der Waals surface area contributed by atoms with Gasteiger partial charge in [-0.05, 0) is 51.6 Å². The van der Waals surface area contributed by atoms with E-state index in [2.05, 4.69) is 4.90 Å². The van der Waals surface area contributed by atoms with Gasteiger partial charge in [-0.25, -0.2) is 0 Å². The van der Waals surface area contributed by atoms with Gasteiger partial charge < -0.3 is 10.0 Å². The molecule has 2 aliphatic rings. The van der Waals surface area contributed by atoms with Crippen LogP contribution in [0.25, 0.3) is 0 Å². The maximum atomic E-state index is 11.8. The molecule has 0 bridgehead atoms. The lowest BCUT2D eigenvalue weighted by atomic mass is 9.86. The molecule has 2 unspecified atom stereocenters. The normalized spacial score (nSPS) is 30.5. The Labute approximate surface area is 104 Å². The van der Waals surface area contributed by atoms with Gasteiger partial charge in [0, 0.05) is 18.9 Å². The minimum Gasteiger partial charge on any atom is -0.393 e. The number of aliphatic hydroxyl groups excluding tert-OH is 1. The standard InChI is InChI=1S/C14H25NO2/c1-11(16)12-6-8-15(9-7-12)10-13-4-2-3-5-14(13)17/h11-13,16H,2-10H2,1H3. The molecule has 0 aromatic heterocycles. The van der Waals surface area contributed by atoms with Crippen LogP contribution in [0.15, 0.2) is 0 Å². The topological polar surface area (TPSA) is 40.5 Å². The maximum absolute atomic E-state index is 11.8. The highest BCUT2D eigenvalue weighted by atomic mass is 16.3. The molecule has 2 atom stereocenters. The van der Waals surface area contributed by atoms with Gasteiger partial charge in [-0.15, -0.1) is 0 Å². The smallest absolute Gasteiger partial charge is 0.137 e. The third-order valence-corrected chi connectivity index (χ3v) is 4.47. The summed E-state index contributed by atoms with van der Waals surface area (Å²) in [6.07, 6.45) is 6.20. The number of carbonyl (C=O) groups is 1. The molecule has 1 aliphatic heterocycles.